The predicted octanol–water partition coefficient (Wildman–Crippen LogP) is 7.22. The van der Waals surface area contributed by atoms with Crippen LogP contribution in [0.4, 0.5) is 4.39 Å². The molecule has 17 nitrogen and oxygen atoms in total. The van der Waals surface area contributed by atoms with Crippen LogP contribution in [0.5, 0.6) is 5.88 Å². The van der Waals surface area contributed by atoms with Crippen LogP contribution in [0.2, 0.25) is 22.2 Å². The first-order valence-corrected chi connectivity index (χ1v) is 28.3. The van der Waals surface area contributed by atoms with Gasteiger partial charge >= 0.3 is 30.7 Å². The van der Waals surface area contributed by atoms with Crippen LogP contribution in [0.3, 0.4) is 0 Å². The Bertz CT molecular complexity index is 2020. The molecule has 2 saturated heterocycles. The maximum absolute atomic E-state index is 15.5. The minimum Gasteiger partial charge on any atom is -0.474 e. The first kappa shape index (κ1) is 45.0. The topological polar surface area (TPSA) is 205 Å². The van der Waals surface area contributed by atoms with Crippen LogP contribution in [0, 0.1) is 11.7 Å². The molecular formula is C33H52FN5O12P2S2Si2. The number of fused-ring (bicyclic) bond motifs is 4. The highest BCUT2D eigenvalue weighted by Crippen LogP contribution is 2.61. The van der Waals surface area contributed by atoms with E-state index < -0.39 is 91.4 Å². The van der Waals surface area contributed by atoms with Crippen molar-refractivity contribution in [2.45, 2.75) is 127 Å². The molecule has 2 aliphatic heterocycles. The first-order valence-electron chi connectivity index (χ1n) is 18.9. The standard InChI is InChI=1S/C33H52FN5O12P2S2Si2/c1-18(2)56(43,19(3)4)51-57(20(5)6,21(7)8)50-29-26-15-45-52(41,54)48-25-12-23(46-27-9-10-35-16-36-27)11-22(25)14-44-53(42,55)49-30(29)33(47-26)39-13-24(34)28-31(39)37-17-38-32(28)40/h9-10,13,16-23,25-26,29-30,33,43H,11-12,14-15H2,1-8H3,(H,41,54)(H,42,55)(H,37,38,40)/t22-,23-,25+,26-,29-,30-,33-,52+,53-/m1/s1. The lowest BCUT2D eigenvalue weighted by Crippen LogP contribution is -2.62. The highest BCUT2D eigenvalue weighted by atomic mass is 32.7. The van der Waals surface area contributed by atoms with E-state index >= 15 is 4.39 Å². The van der Waals surface area contributed by atoms with E-state index in [0.717, 1.165) is 12.5 Å². The highest BCUT2D eigenvalue weighted by molar-refractivity contribution is 8.44. The average molecular weight is 912 g/mol. The molecule has 2 N–H and O–H groups in total. The average Bonchev–Trinajstić information content (AvgIpc) is 3.78. The smallest absolute Gasteiger partial charge is 0.386 e. The summed E-state index contributed by atoms with van der Waals surface area (Å²) in [7, 11) is -7.14. The molecule has 3 aliphatic rings. The van der Waals surface area contributed by atoms with Gasteiger partial charge < -0.3 is 36.9 Å². The molecule has 3 aromatic rings. The summed E-state index contributed by atoms with van der Waals surface area (Å²) in [5.74, 6) is -1.12. The fourth-order valence-electron chi connectivity index (χ4n) is 7.83. The second-order valence-corrected chi connectivity index (χ2v) is 30.3. The van der Waals surface area contributed by atoms with Crippen LogP contribution >= 0.6 is 38.1 Å². The largest absolute Gasteiger partial charge is 0.474 e. The maximum Gasteiger partial charge on any atom is 0.386 e. The highest BCUT2D eigenvalue weighted by Gasteiger charge is 2.60. The minimum atomic E-state index is -4.38. The molecule has 24 heteroatoms. The van der Waals surface area contributed by atoms with Crippen molar-refractivity contribution in [1.29, 1.82) is 0 Å². The van der Waals surface area contributed by atoms with Gasteiger partial charge in [0.15, 0.2) is 17.7 Å². The van der Waals surface area contributed by atoms with E-state index in [9.17, 15) is 18.7 Å². The molecule has 0 aromatic carbocycles. The fourth-order valence-corrected chi connectivity index (χ4v) is 20.8. The fraction of sp³-hybridized carbons (Fsp3) is 0.697. The molecule has 3 aromatic heterocycles. The SMILES string of the molecule is CC(C)[Si](O)(O[Si](O[C@H]1[C@H]2O[P@](=O)(S)OC[C@H]3C[C@@H](Oc4ccncn4)C[C@@H]3O[P@@](=O)(S)OC[C@H]1O[C@H]2n1cc(F)c2c(=O)[nH]cnc21)(C(C)C)C(C)C)C(C)C. The van der Waals surface area contributed by atoms with Gasteiger partial charge in [-0.2, -0.15) is 0 Å². The molecule has 2 bridgehead atoms. The van der Waals surface area contributed by atoms with Gasteiger partial charge in [-0.1, -0.05) is 79.9 Å². The van der Waals surface area contributed by atoms with Crippen molar-refractivity contribution >= 4 is 66.2 Å². The van der Waals surface area contributed by atoms with E-state index in [0.29, 0.717) is 12.3 Å². The zero-order valence-corrected chi connectivity index (χ0v) is 38.5. The Kier molecular flexibility index (Phi) is 13.8. The van der Waals surface area contributed by atoms with Gasteiger partial charge in [-0.15, -0.1) is 0 Å². The summed E-state index contributed by atoms with van der Waals surface area (Å²) in [5, 5.41) is -0.350. The quantitative estimate of drug-likeness (QED) is 0.0852. The van der Waals surface area contributed by atoms with Crippen LogP contribution in [-0.2, 0) is 40.5 Å². The van der Waals surface area contributed by atoms with Crippen molar-refractivity contribution in [3.8, 4) is 5.88 Å². The van der Waals surface area contributed by atoms with E-state index in [1.54, 1.807) is 6.07 Å². The zero-order chi connectivity index (χ0) is 41.7. The number of hydrogen-bond donors (Lipinski definition) is 4. The van der Waals surface area contributed by atoms with Crippen LogP contribution in [0.25, 0.3) is 11.0 Å². The van der Waals surface area contributed by atoms with Gasteiger partial charge in [0.1, 0.15) is 36.1 Å². The summed E-state index contributed by atoms with van der Waals surface area (Å²) in [4.78, 5) is 39.6. The lowest BCUT2D eigenvalue weighted by molar-refractivity contribution is -0.0489. The van der Waals surface area contributed by atoms with E-state index in [1.807, 2.05) is 55.4 Å². The molecule has 57 heavy (non-hydrogen) atoms. The molecule has 0 unspecified atom stereocenters. The number of aromatic amines is 1. The van der Waals surface area contributed by atoms with E-state index in [2.05, 4.69) is 44.4 Å². The summed E-state index contributed by atoms with van der Waals surface area (Å²) < 4.78 is 96.3. The minimum absolute atomic E-state index is 0.105. The van der Waals surface area contributed by atoms with Gasteiger partial charge in [-0.25, -0.2) is 28.5 Å². The number of H-pyrrole nitrogens is 1. The number of ether oxygens (including phenoxy) is 2. The summed E-state index contributed by atoms with van der Waals surface area (Å²) in [6.07, 6.45) is -0.938. The van der Waals surface area contributed by atoms with Crippen LogP contribution in [-0.4, -0.2) is 90.2 Å². The molecular weight excluding hydrogens is 860 g/mol. The van der Waals surface area contributed by atoms with Gasteiger partial charge in [-0.3, -0.25) is 18.4 Å². The van der Waals surface area contributed by atoms with Gasteiger partial charge in [0.25, 0.3) is 5.56 Å². The van der Waals surface area contributed by atoms with E-state index in [-0.39, 0.29) is 46.2 Å². The van der Waals surface area contributed by atoms with Gasteiger partial charge in [0.05, 0.1) is 25.6 Å². The third kappa shape index (κ3) is 9.54. The van der Waals surface area contributed by atoms with Crippen molar-refractivity contribution < 1.29 is 54.4 Å². The van der Waals surface area contributed by atoms with Gasteiger partial charge in [-0.05, 0) is 28.6 Å². The predicted molar refractivity (Wildman–Crippen MR) is 218 cm³/mol. The van der Waals surface area contributed by atoms with Crippen LogP contribution in [0.15, 0.2) is 35.9 Å². The number of halogens is 1. The monoisotopic (exact) mass is 911 g/mol. The van der Waals surface area contributed by atoms with Crippen molar-refractivity contribution in [2.75, 3.05) is 13.2 Å². The second kappa shape index (κ2) is 17.5. The Morgan fingerprint density at radius 3 is 2.26 bits per heavy atom. The second-order valence-electron chi connectivity index (χ2n) is 15.9. The summed E-state index contributed by atoms with van der Waals surface area (Å²) in [5.41, 5.74) is -1.86. The molecule has 6 rings (SSSR count). The molecule has 0 spiro atoms. The molecule has 1 saturated carbocycles. The van der Waals surface area contributed by atoms with Crippen LogP contribution in [0.1, 0.15) is 74.5 Å². The number of hydrogen-bond acceptors (Lipinski definition) is 15. The Morgan fingerprint density at radius 1 is 0.965 bits per heavy atom. The zero-order valence-electron chi connectivity index (χ0n) is 33.0. The lowest BCUT2D eigenvalue weighted by Gasteiger charge is -2.47. The van der Waals surface area contributed by atoms with Gasteiger partial charge in [0.2, 0.25) is 5.88 Å². The Labute approximate surface area is 343 Å². The third-order valence-corrected chi connectivity index (χ3v) is 23.9. The summed E-state index contributed by atoms with van der Waals surface area (Å²) in [6.45, 7) is 6.09. The number of rotatable bonds is 11. The van der Waals surface area contributed by atoms with E-state index in [4.69, 9.17) is 36.1 Å². The number of nitrogens with zero attached hydrogens (tertiary/aromatic N) is 4. The Hall–Kier alpha value is -1.50. The summed E-state index contributed by atoms with van der Waals surface area (Å²) >= 11 is 8.76. The third-order valence-electron chi connectivity index (χ3n) is 10.8. The van der Waals surface area contributed by atoms with Crippen molar-refractivity contribution in [3.05, 3.63) is 47.3 Å². The van der Waals surface area contributed by atoms with Crippen molar-refractivity contribution in [3.63, 3.8) is 0 Å². The van der Waals surface area contributed by atoms with Crippen LogP contribution < -0.4 is 10.3 Å². The molecule has 0 radical (unpaired) electrons. The number of thiol groups is 2. The summed E-state index contributed by atoms with van der Waals surface area (Å²) in [6, 6.07) is 1.60. The molecule has 318 valence electrons. The molecule has 1 aliphatic carbocycles. The lowest BCUT2D eigenvalue weighted by atomic mass is 10.1. The maximum atomic E-state index is 15.5. The number of aromatic nitrogens is 5. The van der Waals surface area contributed by atoms with E-state index in [1.165, 1.54) is 17.1 Å². The van der Waals surface area contributed by atoms with Crippen molar-refractivity contribution in [2.24, 2.45) is 5.92 Å². The normalized spacial score (nSPS) is 31.8. The molecule has 3 fully saturated rings. The molecule has 5 heterocycles. The number of nitrogens with one attached hydrogen (secondary N) is 1. The Balaban J connectivity index is 1.43. The van der Waals surface area contributed by atoms with Gasteiger partial charge in [0, 0.05) is 30.8 Å². The first-order chi connectivity index (χ1) is 26.7. The Morgan fingerprint density at radius 2 is 1.63 bits per heavy atom. The van der Waals surface area contributed by atoms with Crippen molar-refractivity contribution in [1.82, 2.24) is 24.5 Å². The molecule has 0 amide bonds. The molecule has 9 atom stereocenters.